The highest BCUT2D eigenvalue weighted by Gasteiger charge is 2.09. The minimum absolute atomic E-state index is 0.602. The first kappa shape index (κ1) is 17.0. The Hall–Kier alpha value is -3.45. The van der Waals surface area contributed by atoms with E-state index in [1.54, 1.807) is 12.4 Å². The molecule has 4 aromatic rings. The standard InChI is InChI=1S/C19H16ClN7/c1-13-6-7-14(11-22-13)25-17-10-18(24-12-23-17)27-9-8-21-19(27)26-16-5-3-2-4-15(16)20/h2-12H,1H3,(H,21,26)(H,23,24,25). The van der Waals surface area contributed by atoms with Crippen LogP contribution in [0.4, 0.5) is 23.1 Å². The average Bonchev–Trinajstić information content (AvgIpc) is 3.14. The molecule has 0 spiro atoms. The Morgan fingerprint density at radius 1 is 0.963 bits per heavy atom. The van der Waals surface area contributed by atoms with E-state index in [0.29, 0.717) is 22.6 Å². The lowest BCUT2D eigenvalue weighted by Gasteiger charge is -2.11. The Morgan fingerprint density at radius 3 is 2.67 bits per heavy atom. The number of nitrogens with one attached hydrogen (secondary N) is 2. The SMILES string of the molecule is Cc1ccc(Nc2cc(-n3ccnc3Nc3ccccc3Cl)ncn2)cn1. The molecule has 0 atom stereocenters. The van der Waals surface area contributed by atoms with Gasteiger partial charge in [-0.25, -0.2) is 15.0 Å². The van der Waals surface area contributed by atoms with E-state index < -0.39 is 0 Å². The highest BCUT2D eigenvalue weighted by molar-refractivity contribution is 6.33. The molecule has 0 saturated heterocycles. The summed E-state index contributed by atoms with van der Waals surface area (Å²) < 4.78 is 1.82. The molecular formula is C19H16ClN7. The highest BCUT2D eigenvalue weighted by atomic mass is 35.5. The monoisotopic (exact) mass is 377 g/mol. The van der Waals surface area contributed by atoms with Crippen LogP contribution >= 0.6 is 11.6 Å². The first-order valence-corrected chi connectivity index (χ1v) is 8.64. The van der Waals surface area contributed by atoms with E-state index in [0.717, 1.165) is 17.1 Å². The fourth-order valence-corrected chi connectivity index (χ4v) is 2.68. The molecule has 0 unspecified atom stereocenters. The summed E-state index contributed by atoms with van der Waals surface area (Å²) in [5.74, 6) is 1.92. The van der Waals surface area contributed by atoms with E-state index >= 15 is 0 Å². The van der Waals surface area contributed by atoms with E-state index in [9.17, 15) is 0 Å². The first-order valence-electron chi connectivity index (χ1n) is 8.26. The molecule has 0 bridgehead atoms. The van der Waals surface area contributed by atoms with E-state index in [1.807, 2.05) is 60.2 Å². The Morgan fingerprint density at radius 2 is 1.85 bits per heavy atom. The third kappa shape index (κ3) is 3.88. The largest absolute Gasteiger partial charge is 0.339 e. The lowest BCUT2D eigenvalue weighted by molar-refractivity contribution is 0.979. The van der Waals surface area contributed by atoms with Crippen molar-refractivity contribution in [3.63, 3.8) is 0 Å². The van der Waals surface area contributed by atoms with Gasteiger partial charge in [0.1, 0.15) is 18.0 Å². The summed E-state index contributed by atoms with van der Waals surface area (Å²) >= 11 is 6.23. The topological polar surface area (TPSA) is 80.5 Å². The minimum Gasteiger partial charge on any atom is -0.339 e. The number of halogens is 1. The molecule has 0 amide bonds. The fraction of sp³-hybridized carbons (Fsp3) is 0.0526. The van der Waals surface area contributed by atoms with Crippen LogP contribution in [0.25, 0.3) is 5.82 Å². The molecule has 0 aliphatic rings. The van der Waals surface area contributed by atoms with Crippen LogP contribution in [0.15, 0.2) is 67.4 Å². The lowest BCUT2D eigenvalue weighted by atomic mass is 10.3. The van der Waals surface area contributed by atoms with Gasteiger partial charge in [-0.3, -0.25) is 9.55 Å². The van der Waals surface area contributed by atoms with E-state index in [4.69, 9.17) is 11.6 Å². The number of aromatic nitrogens is 5. The highest BCUT2D eigenvalue weighted by Crippen LogP contribution is 2.25. The minimum atomic E-state index is 0.602. The predicted octanol–water partition coefficient (Wildman–Crippen LogP) is 4.51. The second-order valence-electron chi connectivity index (χ2n) is 5.80. The number of pyridine rings is 1. The van der Waals surface area contributed by atoms with Crippen molar-refractivity contribution in [2.45, 2.75) is 6.92 Å². The second kappa shape index (κ2) is 7.43. The molecule has 27 heavy (non-hydrogen) atoms. The Balaban J connectivity index is 1.60. The fourth-order valence-electron chi connectivity index (χ4n) is 2.50. The molecule has 3 heterocycles. The van der Waals surface area contributed by atoms with Crippen LogP contribution in [0, 0.1) is 6.92 Å². The van der Waals surface area contributed by atoms with Crippen LogP contribution in [0.5, 0.6) is 0 Å². The summed E-state index contributed by atoms with van der Waals surface area (Å²) in [5.41, 5.74) is 2.58. The molecule has 1 aromatic carbocycles. The molecule has 3 aromatic heterocycles. The summed E-state index contributed by atoms with van der Waals surface area (Å²) in [6.45, 7) is 1.94. The zero-order valence-corrected chi connectivity index (χ0v) is 15.2. The van der Waals surface area contributed by atoms with Gasteiger partial charge in [0, 0.05) is 24.2 Å². The lowest BCUT2D eigenvalue weighted by Crippen LogP contribution is -2.05. The summed E-state index contributed by atoms with van der Waals surface area (Å²) in [7, 11) is 0. The van der Waals surface area contributed by atoms with E-state index in [-0.39, 0.29) is 0 Å². The Kier molecular flexibility index (Phi) is 4.67. The van der Waals surface area contributed by atoms with Crippen LogP contribution in [-0.4, -0.2) is 24.5 Å². The van der Waals surface area contributed by atoms with Gasteiger partial charge in [-0.05, 0) is 31.2 Å². The normalized spacial score (nSPS) is 10.6. The van der Waals surface area contributed by atoms with Gasteiger partial charge in [0.2, 0.25) is 5.95 Å². The summed E-state index contributed by atoms with van der Waals surface area (Å²) in [5, 5.41) is 7.06. The maximum atomic E-state index is 6.23. The van der Waals surface area contributed by atoms with Crippen molar-refractivity contribution in [3.05, 3.63) is 78.1 Å². The smallest absolute Gasteiger partial charge is 0.213 e. The number of hydrogen-bond acceptors (Lipinski definition) is 6. The van der Waals surface area contributed by atoms with Crippen LogP contribution in [0.2, 0.25) is 5.02 Å². The molecule has 0 aliphatic heterocycles. The van der Waals surface area contributed by atoms with E-state index in [1.165, 1.54) is 6.33 Å². The number of benzene rings is 1. The van der Waals surface area contributed by atoms with Crippen molar-refractivity contribution in [2.75, 3.05) is 10.6 Å². The van der Waals surface area contributed by atoms with Crippen molar-refractivity contribution in [1.82, 2.24) is 24.5 Å². The van der Waals surface area contributed by atoms with Gasteiger partial charge in [0.05, 0.1) is 22.6 Å². The van der Waals surface area contributed by atoms with Crippen molar-refractivity contribution < 1.29 is 0 Å². The molecule has 0 aliphatic carbocycles. The first-order chi connectivity index (χ1) is 13.2. The second-order valence-corrected chi connectivity index (χ2v) is 6.21. The van der Waals surface area contributed by atoms with Gasteiger partial charge in [-0.2, -0.15) is 0 Å². The van der Waals surface area contributed by atoms with Crippen LogP contribution in [0.1, 0.15) is 5.69 Å². The number of anilines is 4. The van der Waals surface area contributed by atoms with E-state index in [2.05, 4.69) is 30.6 Å². The maximum Gasteiger partial charge on any atom is 0.213 e. The zero-order chi connectivity index (χ0) is 18.6. The van der Waals surface area contributed by atoms with Gasteiger partial charge in [0.15, 0.2) is 0 Å². The third-order valence-electron chi connectivity index (χ3n) is 3.84. The summed E-state index contributed by atoms with van der Waals surface area (Å²) in [4.78, 5) is 17.2. The van der Waals surface area contributed by atoms with Crippen LogP contribution in [0.3, 0.4) is 0 Å². The molecule has 0 radical (unpaired) electrons. The van der Waals surface area contributed by atoms with Crippen molar-refractivity contribution >= 4 is 34.7 Å². The number of hydrogen-bond donors (Lipinski definition) is 2. The van der Waals surface area contributed by atoms with Gasteiger partial charge in [-0.1, -0.05) is 23.7 Å². The molecule has 4 rings (SSSR count). The quantitative estimate of drug-likeness (QED) is 0.532. The number of para-hydroxylation sites is 1. The molecule has 8 heteroatoms. The third-order valence-corrected chi connectivity index (χ3v) is 4.17. The molecular weight excluding hydrogens is 362 g/mol. The predicted molar refractivity (Wildman–Crippen MR) is 106 cm³/mol. The summed E-state index contributed by atoms with van der Waals surface area (Å²) in [6, 6.07) is 13.2. The molecule has 0 fully saturated rings. The summed E-state index contributed by atoms with van der Waals surface area (Å²) in [6.07, 6.45) is 6.77. The number of imidazole rings is 1. The molecule has 2 N–H and O–H groups in total. The average molecular weight is 378 g/mol. The van der Waals surface area contributed by atoms with Crippen molar-refractivity contribution in [3.8, 4) is 5.82 Å². The Labute approximate surface area is 161 Å². The molecule has 0 saturated carbocycles. The number of aryl methyl sites for hydroxylation is 1. The van der Waals surface area contributed by atoms with Crippen LogP contribution in [-0.2, 0) is 0 Å². The van der Waals surface area contributed by atoms with Gasteiger partial charge < -0.3 is 10.6 Å². The van der Waals surface area contributed by atoms with Gasteiger partial charge >= 0.3 is 0 Å². The zero-order valence-electron chi connectivity index (χ0n) is 14.5. The number of nitrogens with zero attached hydrogens (tertiary/aromatic N) is 5. The maximum absolute atomic E-state index is 6.23. The Bertz CT molecular complexity index is 1060. The molecule has 7 nitrogen and oxygen atoms in total. The number of rotatable bonds is 5. The van der Waals surface area contributed by atoms with Gasteiger partial charge in [-0.15, -0.1) is 0 Å². The molecule has 134 valence electrons. The van der Waals surface area contributed by atoms with Crippen molar-refractivity contribution in [2.24, 2.45) is 0 Å². The van der Waals surface area contributed by atoms with Gasteiger partial charge in [0.25, 0.3) is 0 Å². The van der Waals surface area contributed by atoms with Crippen LogP contribution < -0.4 is 10.6 Å². The van der Waals surface area contributed by atoms with Crippen molar-refractivity contribution in [1.29, 1.82) is 0 Å².